The second kappa shape index (κ2) is 8.41. The lowest BCUT2D eigenvalue weighted by Gasteiger charge is -1.80. The molecular formula is C9H17F. The van der Waals surface area contributed by atoms with E-state index in [2.05, 4.69) is 33.4 Å². The van der Waals surface area contributed by atoms with Crippen molar-refractivity contribution < 1.29 is 4.39 Å². The highest BCUT2D eigenvalue weighted by Crippen LogP contribution is 1.89. The van der Waals surface area contributed by atoms with Gasteiger partial charge < -0.3 is 0 Å². The quantitative estimate of drug-likeness (QED) is 0.490. The molecule has 0 saturated carbocycles. The predicted molar refractivity (Wildman–Crippen MR) is 45.6 cm³/mol. The lowest BCUT2D eigenvalue weighted by molar-refractivity contribution is 0.645. The van der Waals surface area contributed by atoms with E-state index in [1.54, 1.807) is 0 Å². The van der Waals surface area contributed by atoms with Crippen LogP contribution in [0.1, 0.15) is 34.1 Å². The minimum atomic E-state index is -0.333. The predicted octanol–water partition coefficient (Wildman–Crippen LogP) is 3.85. The van der Waals surface area contributed by atoms with Gasteiger partial charge in [0.05, 0.1) is 5.83 Å². The third-order valence-corrected chi connectivity index (χ3v) is 0.612. The molecule has 0 aliphatic rings. The summed E-state index contributed by atoms with van der Waals surface area (Å²) in [5.41, 5.74) is 1.41. The van der Waals surface area contributed by atoms with Crippen LogP contribution in [0.25, 0.3) is 0 Å². The van der Waals surface area contributed by atoms with Gasteiger partial charge in [-0.2, -0.15) is 0 Å². The Morgan fingerprint density at radius 3 is 1.70 bits per heavy atom. The minimum absolute atomic E-state index is 0.333. The van der Waals surface area contributed by atoms with Crippen LogP contribution in [0.3, 0.4) is 0 Å². The van der Waals surface area contributed by atoms with Crippen LogP contribution in [0.5, 0.6) is 0 Å². The van der Waals surface area contributed by atoms with E-state index in [4.69, 9.17) is 0 Å². The third kappa shape index (κ3) is 52.4. The molecule has 1 heteroatoms. The maximum Gasteiger partial charge on any atom is 0.0897 e. The van der Waals surface area contributed by atoms with Gasteiger partial charge in [0, 0.05) is 0 Å². The Balaban J connectivity index is 0. The van der Waals surface area contributed by atoms with Gasteiger partial charge in [-0.05, 0) is 27.2 Å². The molecule has 0 radical (unpaired) electrons. The highest BCUT2D eigenvalue weighted by atomic mass is 19.1. The van der Waals surface area contributed by atoms with Gasteiger partial charge in [-0.1, -0.05) is 25.2 Å². The largest absolute Gasteiger partial charge is 0.213 e. The zero-order valence-corrected chi connectivity index (χ0v) is 7.37. The summed E-state index contributed by atoms with van der Waals surface area (Å²) in [4.78, 5) is 0. The van der Waals surface area contributed by atoms with E-state index >= 15 is 0 Å². The molecule has 0 aromatic heterocycles. The number of allylic oxidation sites excluding steroid dienone is 3. The van der Waals surface area contributed by atoms with Crippen molar-refractivity contribution in [2.45, 2.75) is 34.1 Å². The molecular weight excluding hydrogens is 127 g/mol. The average Bonchev–Trinajstić information content (AvgIpc) is 1.62. The van der Waals surface area contributed by atoms with E-state index in [0.29, 0.717) is 0 Å². The molecule has 0 atom stereocenters. The van der Waals surface area contributed by atoms with Gasteiger partial charge in [-0.25, -0.2) is 4.39 Å². The topological polar surface area (TPSA) is 0 Å². The first-order chi connectivity index (χ1) is 4.50. The van der Waals surface area contributed by atoms with Crippen molar-refractivity contribution in [3.05, 3.63) is 24.1 Å². The van der Waals surface area contributed by atoms with Crippen LogP contribution in [0.15, 0.2) is 24.1 Å². The summed E-state index contributed by atoms with van der Waals surface area (Å²) in [5, 5.41) is 0. The van der Waals surface area contributed by atoms with E-state index < -0.39 is 0 Å². The van der Waals surface area contributed by atoms with Crippen molar-refractivity contribution in [3.8, 4) is 0 Å². The number of hydrogen-bond donors (Lipinski definition) is 0. The highest BCUT2D eigenvalue weighted by molar-refractivity contribution is 4.91. The standard InChI is InChI=1S/C6H12.C3H5F/c1-4-5-6(2)3;1-3(2)4/h5H,4H2,1-3H3;1H2,2H3. The fourth-order valence-electron chi connectivity index (χ4n) is 0.408. The highest BCUT2D eigenvalue weighted by Gasteiger charge is 1.67. The smallest absolute Gasteiger partial charge is 0.0897 e. The fraction of sp³-hybridized carbons (Fsp3) is 0.556. The molecule has 0 fully saturated rings. The molecule has 0 bridgehead atoms. The Hall–Kier alpha value is -0.590. The molecule has 0 unspecified atom stereocenters. The molecule has 0 amide bonds. The van der Waals surface area contributed by atoms with Gasteiger partial charge in [0.2, 0.25) is 0 Å². The number of hydrogen-bond acceptors (Lipinski definition) is 0. The number of halogens is 1. The Kier molecular flexibility index (Phi) is 10.2. The van der Waals surface area contributed by atoms with Gasteiger partial charge in [0.25, 0.3) is 0 Å². The lowest BCUT2D eigenvalue weighted by atomic mass is 10.3. The molecule has 0 rings (SSSR count). The zero-order valence-electron chi connectivity index (χ0n) is 7.37. The van der Waals surface area contributed by atoms with Crippen molar-refractivity contribution in [1.82, 2.24) is 0 Å². The molecule has 0 aromatic rings. The maximum atomic E-state index is 10.8. The first-order valence-electron chi connectivity index (χ1n) is 3.45. The van der Waals surface area contributed by atoms with Crippen LogP contribution in [-0.2, 0) is 0 Å². The monoisotopic (exact) mass is 144 g/mol. The van der Waals surface area contributed by atoms with Gasteiger partial charge >= 0.3 is 0 Å². The first kappa shape index (κ1) is 12.1. The van der Waals surface area contributed by atoms with Crippen molar-refractivity contribution in [2.75, 3.05) is 0 Å². The SMILES string of the molecule is C=C(C)F.CCC=C(C)C. The van der Waals surface area contributed by atoms with Crippen molar-refractivity contribution in [1.29, 1.82) is 0 Å². The molecule has 0 spiro atoms. The molecule has 0 N–H and O–H groups in total. The Bertz CT molecular complexity index is 104. The zero-order chi connectivity index (χ0) is 8.57. The van der Waals surface area contributed by atoms with Gasteiger partial charge in [0.15, 0.2) is 0 Å². The Morgan fingerprint density at radius 1 is 1.40 bits per heavy atom. The minimum Gasteiger partial charge on any atom is -0.213 e. The van der Waals surface area contributed by atoms with E-state index in [0.717, 1.165) is 0 Å². The Labute approximate surface area is 63.5 Å². The van der Waals surface area contributed by atoms with Crippen LogP contribution in [0.4, 0.5) is 4.39 Å². The maximum absolute atomic E-state index is 10.8. The molecule has 0 aromatic carbocycles. The molecule has 60 valence electrons. The van der Waals surface area contributed by atoms with Crippen molar-refractivity contribution in [2.24, 2.45) is 0 Å². The van der Waals surface area contributed by atoms with Crippen LogP contribution in [0.2, 0.25) is 0 Å². The van der Waals surface area contributed by atoms with Crippen LogP contribution >= 0.6 is 0 Å². The molecule has 0 nitrogen and oxygen atoms in total. The van der Waals surface area contributed by atoms with Gasteiger partial charge in [-0.15, -0.1) is 0 Å². The average molecular weight is 144 g/mol. The normalized spacial score (nSPS) is 7.30. The lowest BCUT2D eigenvalue weighted by Crippen LogP contribution is -1.58. The number of rotatable bonds is 1. The van der Waals surface area contributed by atoms with Gasteiger partial charge in [-0.3, -0.25) is 0 Å². The van der Waals surface area contributed by atoms with Crippen LogP contribution in [-0.4, -0.2) is 0 Å². The summed E-state index contributed by atoms with van der Waals surface area (Å²) in [5.74, 6) is -0.333. The molecule has 0 aliphatic carbocycles. The first-order valence-corrected chi connectivity index (χ1v) is 3.45. The summed E-state index contributed by atoms with van der Waals surface area (Å²) >= 11 is 0. The molecule has 0 heterocycles. The Morgan fingerprint density at radius 2 is 1.70 bits per heavy atom. The summed E-state index contributed by atoms with van der Waals surface area (Å²) in [6.07, 6.45) is 3.38. The second-order valence-electron chi connectivity index (χ2n) is 2.37. The molecule has 0 aliphatic heterocycles. The van der Waals surface area contributed by atoms with Crippen molar-refractivity contribution >= 4 is 0 Å². The molecule has 10 heavy (non-hydrogen) atoms. The van der Waals surface area contributed by atoms with Crippen LogP contribution in [0, 0.1) is 0 Å². The van der Waals surface area contributed by atoms with Gasteiger partial charge in [0.1, 0.15) is 0 Å². The summed E-state index contributed by atoms with van der Waals surface area (Å²) in [7, 11) is 0. The van der Waals surface area contributed by atoms with E-state index in [-0.39, 0.29) is 5.83 Å². The van der Waals surface area contributed by atoms with E-state index in [9.17, 15) is 4.39 Å². The van der Waals surface area contributed by atoms with E-state index in [1.807, 2.05) is 0 Å². The van der Waals surface area contributed by atoms with E-state index in [1.165, 1.54) is 18.9 Å². The summed E-state index contributed by atoms with van der Waals surface area (Å²) in [6, 6.07) is 0. The van der Waals surface area contributed by atoms with Crippen molar-refractivity contribution in [3.63, 3.8) is 0 Å². The second-order valence-corrected chi connectivity index (χ2v) is 2.37. The fourth-order valence-corrected chi connectivity index (χ4v) is 0.408. The third-order valence-electron chi connectivity index (χ3n) is 0.612. The summed E-state index contributed by atoms with van der Waals surface area (Å²) in [6.45, 7) is 10.6. The van der Waals surface area contributed by atoms with Crippen LogP contribution < -0.4 is 0 Å². The molecule has 0 saturated heterocycles. The summed E-state index contributed by atoms with van der Waals surface area (Å²) < 4.78 is 10.8.